The molecule has 2 heteroatoms. The van der Waals surface area contributed by atoms with Crippen molar-refractivity contribution in [2.75, 3.05) is 6.61 Å². The molecule has 2 rings (SSSR count). The number of hydrogen-bond acceptors (Lipinski definition) is 2. The highest BCUT2D eigenvalue weighted by atomic mass is 16.5. The van der Waals surface area contributed by atoms with Gasteiger partial charge in [0.2, 0.25) is 0 Å². The largest absolute Gasteiger partial charge is 0.494 e. The smallest absolute Gasteiger partial charge is 0.119 e. The monoisotopic (exact) mass is 293 g/mol. The molecule has 2 aromatic rings. The Morgan fingerprint density at radius 1 is 1.05 bits per heavy atom. The first-order chi connectivity index (χ1) is 10.6. The molecule has 0 saturated heterocycles. The molecule has 0 aliphatic rings. The average molecular weight is 293 g/mol. The van der Waals surface area contributed by atoms with Crippen LogP contribution in [0.15, 0.2) is 42.5 Å². The van der Waals surface area contributed by atoms with Crippen LogP contribution in [0, 0.1) is 32.1 Å². The van der Waals surface area contributed by atoms with Gasteiger partial charge in [0.15, 0.2) is 0 Å². The van der Waals surface area contributed by atoms with Crippen LogP contribution in [0.4, 0.5) is 0 Å². The van der Waals surface area contributed by atoms with Crippen LogP contribution >= 0.6 is 0 Å². The molecule has 22 heavy (non-hydrogen) atoms. The SMILES string of the molecule is Cc1cc(C)cc(OCCCC(C#N)c2ccccc2C)c1. The van der Waals surface area contributed by atoms with E-state index in [1.165, 1.54) is 16.7 Å². The van der Waals surface area contributed by atoms with E-state index in [0.29, 0.717) is 6.61 Å². The molecule has 0 aromatic heterocycles. The summed E-state index contributed by atoms with van der Waals surface area (Å²) in [6.07, 6.45) is 1.70. The van der Waals surface area contributed by atoms with Crippen LogP contribution in [0.1, 0.15) is 41.0 Å². The molecule has 0 N–H and O–H groups in total. The first-order valence-corrected chi connectivity index (χ1v) is 7.76. The number of nitriles is 1. The van der Waals surface area contributed by atoms with Crippen molar-refractivity contribution in [3.8, 4) is 11.8 Å². The van der Waals surface area contributed by atoms with Gasteiger partial charge in [-0.15, -0.1) is 0 Å². The van der Waals surface area contributed by atoms with Gasteiger partial charge in [0.1, 0.15) is 5.75 Å². The van der Waals surface area contributed by atoms with Gasteiger partial charge in [0.25, 0.3) is 0 Å². The maximum atomic E-state index is 9.40. The molecular weight excluding hydrogens is 270 g/mol. The Hall–Kier alpha value is -2.27. The third-order valence-corrected chi connectivity index (χ3v) is 3.82. The number of hydrogen-bond donors (Lipinski definition) is 0. The molecule has 1 atom stereocenters. The molecule has 0 bridgehead atoms. The highest BCUT2D eigenvalue weighted by Crippen LogP contribution is 2.24. The highest BCUT2D eigenvalue weighted by molar-refractivity contribution is 5.33. The van der Waals surface area contributed by atoms with Crippen LogP contribution in [-0.2, 0) is 0 Å². The van der Waals surface area contributed by atoms with E-state index in [1.807, 2.05) is 18.2 Å². The van der Waals surface area contributed by atoms with Gasteiger partial charge in [-0.2, -0.15) is 5.26 Å². The van der Waals surface area contributed by atoms with E-state index in [4.69, 9.17) is 4.74 Å². The molecule has 0 spiro atoms. The summed E-state index contributed by atoms with van der Waals surface area (Å²) in [6.45, 7) is 6.85. The zero-order valence-electron chi connectivity index (χ0n) is 13.6. The van der Waals surface area contributed by atoms with E-state index >= 15 is 0 Å². The lowest BCUT2D eigenvalue weighted by Gasteiger charge is -2.13. The van der Waals surface area contributed by atoms with Crippen molar-refractivity contribution in [2.24, 2.45) is 0 Å². The fourth-order valence-corrected chi connectivity index (χ4v) is 2.76. The van der Waals surface area contributed by atoms with E-state index in [0.717, 1.165) is 24.2 Å². The van der Waals surface area contributed by atoms with Gasteiger partial charge in [-0.05, 0) is 68.0 Å². The second-order valence-electron chi connectivity index (χ2n) is 5.85. The molecule has 0 radical (unpaired) electrons. The van der Waals surface area contributed by atoms with Crippen LogP contribution in [0.2, 0.25) is 0 Å². The van der Waals surface area contributed by atoms with Gasteiger partial charge < -0.3 is 4.74 Å². The number of aryl methyl sites for hydroxylation is 3. The van der Waals surface area contributed by atoms with Crippen LogP contribution < -0.4 is 4.74 Å². The van der Waals surface area contributed by atoms with Crippen molar-refractivity contribution in [1.82, 2.24) is 0 Å². The molecule has 0 aliphatic heterocycles. The van der Waals surface area contributed by atoms with Crippen molar-refractivity contribution in [3.05, 3.63) is 64.7 Å². The van der Waals surface area contributed by atoms with E-state index in [2.05, 4.69) is 51.1 Å². The normalized spacial score (nSPS) is 11.7. The van der Waals surface area contributed by atoms with Crippen molar-refractivity contribution in [1.29, 1.82) is 5.26 Å². The van der Waals surface area contributed by atoms with Gasteiger partial charge in [-0.1, -0.05) is 30.3 Å². The minimum absolute atomic E-state index is 0.0518. The first kappa shape index (κ1) is 16.1. The number of nitrogens with zero attached hydrogens (tertiary/aromatic N) is 1. The lowest BCUT2D eigenvalue weighted by Crippen LogP contribution is -2.03. The predicted octanol–water partition coefficient (Wildman–Crippen LogP) is 5.08. The molecular formula is C20H23NO. The van der Waals surface area contributed by atoms with Crippen LogP contribution in [-0.4, -0.2) is 6.61 Å². The summed E-state index contributed by atoms with van der Waals surface area (Å²) in [5.74, 6) is 0.867. The summed E-state index contributed by atoms with van der Waals surface area (Å²) < 4.78 is 5.82. The number of ether oxygens (including phenoxy) is 1. The van der Waals surface area contributed by atoms with E-state index < -0.39 is 0 Å². The van der Waals surface area contributed by atoms with Gasteiger partial charge in [-0.3, -0.25) is 0 Å². The molecule has 2 aromatic carbocycles. The Bertz CT molecular complexity index is 649. The molecule has 2 nitrogen and oxygen atoms in total. The summed E-state index contributed by atoms with van der Waals surface area (Å²) >= 11 is 0. The molecule has 114 valence electrons. The van der Waals surface area contributed by atoms with Crippen molar-refractivity contribution in [3.63, 3.8) is 0 Å². The van der Waals surface area contributed by atoms with Gasteiger partial charge in [-0.25, -0.2) is 0 Å². The molecule has 0 amide bonds. The molecule has 0 aliphatic carbocycles. The highest BCUT2D eigenvalue weighted by Gasteiger charge is 2.12. The second-order valence-corrected chi connectivity index (χ2v) is 5.85. The minimum atomic E-state index is -0.0518. The third kappa shape index (κ3) is 4.36. The lowest BCUT2D eigenvalue weighted by molar-refractivity contribution is 0.304. The lowest BCUT2D eigenvalue weighted by atomic mass is 9.92. The van der Waals surface area contributed by atoms with Crippen molar-refractivity contribution >= 4 is 0 Å². The molecule has 1 unspecified atom stereocenters. The summed E-state index contributed by atoms with van der Waals surface area (Å²) in [5.41, 5.74) is 4.75. The summed E-state index contributed by atoms with van der Waals surface area (Å²) in [7, 11) is 0. The fourth-order valence-electron chi connectivity index (χ4n) is 2.76. The van der Waals surface area contributed by atoms with Gasteiger partial charge >= 0.3 is 0 Å². The third-order valence-electron chi connectivity index (χ3n) is 3.82. The maximum Gasteiger partial charge on any atom is 0.119 e. The Morgan fingerprint density at radius 3 is 2.36 bits per heavy atom. The summed E-state index contributed by atoms with van der Waals surface area (Å²) in [6, 6.07) is 16.8. The number of rotatable bonds is 6. The van der Waals surface area contributed by atoms with Crippen LogP contribution in [0.5, 0.6) is 5.75 Å². The maximum absolute atomic E-state index is 9.40. The fraction of sp³-hybridized carbons (Fsp3) is 0.350. The van der Waals surface area contributed by atoms with Crippen molar-refractivity contribution < 1.29 is 4.74 Å². The van der Waals surface area contributed by atoms with E-state index in [1.54, 1.807) is 0 Å². The van der Waals surface area contributed by atoms with Crippen LogP contribution in [0.3, 0.4) is 0 Å². The zero-order chi connectivity index (χ0) is 15.9. The van der Waals surface area contributed by atoms with Crippen LogP contribution in [0.25, 0.3) is 0 Å². The molecule has 0 saturated carbocycles. The Morgan fingerprint density at radius 2 is 1.73 bits per heavy atom. The standard InChI is InChI=1S/C20H23NO/c1-15-11-16(2)13-19(12-15)22-10-6-8-18(14-21)20-9-5-4-7-17(20)3/h4-5,7,9,11-13,18H,6,8,10H2,1-3H3. The second kappa shape index (κ2) is 7.66. The van der Waals surface area contributed by atoms with E-state index in [-0.39, 0.29) is 5.92 Å². The Balaban J connectivity index is 1.87. The quantitative estimate of drug-likeness (QED) is 0.696. The Kier molecular flexibility index (Phi) is 5.61. The molecule has 0 heterocycles. The topological polar surface area (TPSA) is 33.0 Å². The predicted molar refractivity (Wildman–Crippen MR) is 90.2 cm³/mol. The first-order valence-electron chi connectivity index (χ1n) is 7.76. The van der Waals surface area contributed by atoms with E-state index in [9.17, 15) is 5.26 Å². The number of benzene rings is 2. The van der Waals surface area contributed by atoms with Gasteiger partial charge in [0.05, 0.1) is 18.6 Å². The zero-order valence-corrected chi connectivity index (χ0v) is 13.6. The minimum Gasteiger partial charge on any atom is -0.494 e. The average Bonchev–Trinajstić information content (AvgIpc) is 2.47. The van der Waals surface area contributed by atoms with Gasteiger partial charge in [0, 0.05) is 0 Å². The molecule has 0 fully saturated rings. The summed E-state index contributed by atoms with van der Waals surface area (Å²) in [4.78, 5) is 0. The summed E-state index contributed by atoms with van der Waals surface area (Å²) in [5, 5.41) is 9.40. The Labute approximate surface area is 133 Å². The van der Waals surface area contributed by atoms with Crippen molar-refractivity contribution in [2.45, 2.75) is 39.5 Å².